The molecule has 0 unspecified atom stereocenters. The standard InChI is InChI=1S/C12H14FNO2/c13-10-4-3-8(7-12(15)16)6-9(10)11-2-1-5-14-11/h3-4,6,11,14H,1-2,5,7H2,(H,15,16)/t11-/m0/s1. The number of nitrogens with one attached hydrogen (secondary N) is 1. The second kappa shape index (κ2) is 4.61. The summed E-state index contributed by atoms with van der Waals surface area (Å²) in [7, 11) is 0. The lowest BCUT2D eigenvalue weighted by Crippen LogP contribution is -2.15. The lowest BCUT2D eigenvalue weighted by Gasteiger charge is -2.12. The Morgan fingerprint density at radius 3 is 3.00 bits per heavy atom. The third kappa shape index (κ3) is 2.39. The maximum Gasteiger partial charge on any atom is 0.307 e. The molecule has 0 saturated carbocycles. The number of carbonyl (C=O) groups is 1. The van der Waals surface area contributed by atoms with Crippen molar-refractivity contribution in [3.05, 3.63) is 35.1 Å². The van der Waals surface area contributed by atoms with Crippen LogP contribution in [-0.4, -0.2) is 17.6 Å². The van der Waals surface area contributed by atoms with E-state index in [-0.39, 0.29) is 18.3 Å². The predicted molar refractivity (Wildman–Crippen MR) is 57.7 cm³/mol. The van der Waals surface area contributed by atoms with Crippen molar-refractivity contribution in [3.63, 3.8) is 0 Å². The summed E-state index contributed by atoms with van der Waals surface area (Å²) in [4.78, 5) is 10.6. The van der Waals surface area contributed by atoms with Crippen LogP contribution in [0.3, 0.4) is 0 Å². The maximum absolute atomic E-state index is 13.6. The van der Waals surface area contributed by atoms with Crippen LogP contribution in [0.1, 0.15) is 30.0 Å². The molecule has 0 aliphatic carbocycles. The Bertz CT molecular complexity index is 400. The van der Waals surface area contributed by atoms with Gasteiger partial charge in [-0.25, -0.2) is 4.39 Å². The molecular weight excluding hydrogens is 209 g/mol. The second-order valence-corrected chi connectivity index (χ2v) is 4.08. The predicted octanol–water partition coefficient (Wildman–Crippen LogP) is 1.88. The summed E-state index contributed by atoms with van der Waals surface area (Å²) in [6.45, 7) is 0.896. The van der Waals surface area contributed by atoms with Crippen LogP contribution in [0.25, 0.3) is 0 Å². The minimum absolute atomic E-state index is 0.0359. The molecular formula is C12H14FNO2. The number of rotatable bonds is 3. The van der Waals surface area contributed by atoms with Crippen LogP contribution in [0, 0.1) is 5.82 Å². The SMILES string of the molecule is O=C(O)Cc1ccc(F)c([C@@H]2CCCN2)c1. The highest BCUT2D eigenvalue weighted by molar-refractivity contribution is 5.70. The lowest BCUT2D eigenvalue weighted by molar-refractivity contribution is -0.136. The Balaban J connectivity index is 2.24. The zero-order valence-electron chi connectivity index (χ0n) is 8.87. The largest absolute Gasteiger partial charge is 0.481 e. The molecule has 3 nitrogen and oxygen atoms in total. The van der Waals surface area contributed by atoms with Crippen molar-refractivity contribution >= 4 is 5.97 Å². The second-order valence-electron chi connectivity index (χ2n) is 4.08. The van der Waals surface area contributed by atoms with E-state index < -0.39 is 5.97 Å². The molecule has 4 heteroatoms. The summed E-state index contributed by atoms with van der Waals surface area (Å²) < 4.78 is 13.6. The van der Waals surface area contributed by atoms with Gasteiger partial charge in [0.25, 0.3) is 0 Å². The van der Waals surface area contributed by atoms with Gasteiger partial charge in [0, 0.05) is 11.6 Å². The van der Waals surface area contributed by atoms with E-state index >= 15 is 0 Å². The Morgan fingerprint density at radius 2 is 2.38 bits per heavy atom. The van der Waals surface area contributed by atoms with Gasteiger partial charge in [-0.05, 0) is 31.0 Å². The van der Waals surface area contributed by atoms with Gasteiger partial charge in [-0.2, -0.15) is 0 Å². The molecule has 0 spiro atoms. The third-order valence-corrected chi connectivity index (χ3v) is 2.85. The third-order valence-electron chi connectivity index (χ3n) is 2.85. The van der Waals surface area contributed by atoms with Crippen molar-refractivity contribution in [2.75, 3.05) is 6.54 Å². The van der Waals surface area contributed by atoms with Gasteiger partial charge in [0.15, 0.2) is 0 Å². The highest BCUT2D eigenvalue weighted by Gasteiger charge is 2.20. The molecule has 16 heavy (non-hydrogen) atoms. The number of hydrogen-bond donors (Lipinski definition) is 2. The zero-order chi connectivity index (χ0) is 11.5. The van der Waals surface area contributed by atoms with E-state index in [2.05, 4.69) is 5.32 Å². The van der Waals surface area contributed by atoms with Crippen molar-refractivity contribution in [3.8, 4) is 0 Å². The van der Waals surface area contributed by atoms with Crippen LogP contribution in [0.2, 0.25) is 0 Å². The number of halogens is 1. The van der Waals surface area contributed by atoms with Crippen molar-refractivity contribution in [1.29, 1.82) is 0 Å². The summed E-state index contributed by atoms with van der Waals surface area (Å²) in [5, 5.41) is 11.9. The normalized spacial score (nSPS) is 19.9. The summed E-state index contributed by atoms with van der Waals surface area (Å²) in [6, 6.07) is 4.58. The van der Waals surface area contributed by atoms with Crippen molar-refractivity contribution in [1.82, 2.24) is 5.32 Å². The molecule has 0 aromatic heterocycles. The lowest BCUT2D eigenvalue weighted by atomic mass is 10.0. The Labute approximate surface area is 93.3 Å². The average molecular weight is 223 g/mol. The van der Waals surface area contributed by atoms with Crippen molar-refractivity contribution < 1.29 is 14.3 Å². The fraction of sp³-hybridized carbons (Fsp3) is 0.417. The maximum atomic E-state index is 13.6. The zero-order valence-corrected chi connectivity index (χ0v) is 8.87. The summed E-state index contributed by atoms with van der Waals surface area (Å²) in [5.41, 5.74) is 1.24. The summed E-state index contributed by atoms with van der Waals surface area (Å²) in [5.74, 6) is -1.15. The smallest absolute Gasteiger partial charge is 0.307 e. The van der Waals surface area contributed by atoms with E-state index in [1.165, 1.54) is 12.1 Å². The van der Waals surface area contributed by atoms with Gasteiger partial charge in [0.1, 0.15) is 5.82 Å². The highest BCUT2D eigenvalue weighted by atomic mass is 19.1. The van der Waals surface area contributed by atoms with Crippen LogP contribution >= 0.6 is 0 Å². The van der Waals surface area contributed by atoms with E-state index in [4.69, 9.17) is 5.11 Å². The minimum atomic E-state index is -0.892. The van der Waals surface area contributed by atoms with Crippen LogP contribution in [0.5, 0.6) is 0 Å². The first-order valence-corrected chi connectivity index (χ1v) is 5.40. The van der Waals surface area contributed by atoms with E-state index in [0.29, 0.717) is 11.1 Å². The van der Waals surface area contributed by atoms with Gasteiger partial charge in [-0.3, -0.25) is 4.79 Å². The van der Waals surface area contributed by atoms with E-state index in [9.17, 15) is 9.18 Å². The van der Waals surface area contributed by atoms with Gasteiger partial charge < -0.3 is 10.4 Å². The molecule has 0 radical (unpaired) electrons. The van der Waals surface area contributed by atoms with Gasteiger partial charge >= 0.3 is 5.97 Å². The molecule has 2 N–H and O–H groups in total. The minimum Gasteiger partial charge on any atom is -0.481 e. The number of carboxylic acids is 1. The summed E-state index contributed by atoms with van der Waals surface area (Å²) >= 11 is 0. The van der Waals surface area contributed by atoms with Crippen molar-refractivity contribution in [2.45, 2.75) is 25.3 Å². The first kappa shape index (κ1) is 11.1. The van der Waals surface area contributed by atoms with Crippen LogP contribution in [0.4, 0.5) is 4.39 Å². The number of carboxylic acid groups (broad SMARTS) is 1. The molecule has 1 aliphatic heterocycles. The fourth-order valence-electron chi connectivity index (χ4n) is 2.09. The quantitative estimate of drug-likeness (QED) is 0.822. The van der Waals surface area contributed by atoms with Gasteiger partial charge in [-0.15, -0.1) is 0 Å². The Kier molecular flexibility index (Phi) is 3.19. The Hall–Kier alpha value is -1.42. The number of hydrogen-bond acceptors (Lipinski definition) is 2. The van der Waals surface area contributed by atoms with E-state index in [0.717, 1.165) is 19.4 Å². The molecule has 0 bridgehead atoms. The molecule has 1 aromatic carbocycles. The molecule has 1 aromatic rings. The fourth-order valence-corrected chi connectivity index (χ4v) is 2.09. The van der Waals surface area contributed by atoms with Crippen LogP contribution in [0.15, 0.2) is 18.2 Å². The number of aliphatic carboxylic acids is 1. The highest BCUT2D eigenvalue weighted by Crippen LogP contribution is 2.26. The molecule has 1 fully saturated rings. The van der Waals surface area contributed by atoms with Gasteiger partial charge in [0.05, 0.1) is 6.42 Å². The van der Waals surface area contributed by atoms with E-state index in [1.807, 2.05) is 0 Å². The topological polar surface area (TPSA) is 49.3 Å². The molecule has 86 valence electrons. The first-order chi connectivity index (χ1) is 7.66. The summed E-state index contributed by atoms with van der Waals surface area (Å²) in [6.07, 6.45) is 1.89. The number of benzene rings is 1. The van der Waals surface area contributed by atoms with Gasteiger partial charge in [0.2, 0.25) is 0 Å². The van der Waals surface area contributed by atoms with Crippen LogP contribution in [-0.2, 0) is 11.2 Å². The molecule has 1 atom stereocenters. The first-order valence-electron chi connectivity index (χ1n) is 5.40. The molecule has 2 rings (SSSR count). The molecule has 0 amide bonds. The molecule has 1 saturated heterocycles. The van der Waals surface area contributed by atoms with Gasteiger partial charge in [-0.1, -0.05) is 12.1 Å². The average Bonchev–Trinajstić information content (AvgIpc) is 2.73. The van der Waals surface area contributed by atoms with Crippen molar-refractivity contribution in [2.24, 2.45) is 0 Å². The monoisotopic (exact) mass is 223 g/mol. The van der Waals surface area contributed by atoms with E-state index in [1.54, 1.807) is 6.07 Å². The Morgan fingerprint density at radius 1 is 1.56 bits per heavy atom. The van der Waals surface area contributed by atoms with Crippen LogP contribution < -0.4 is 5.32 Å². The molecule has 1 aliphatic rings. The molecule has 1 heterocycles.